The van der Waals surface area contributed by atoms with Gasteiger partial charge in [-0.05, 0) is 30.1 Å². The molecule has 0 heterocycles. The molecule has 0 spiro atoms. The summed E-state index contributed by atoms with van der Waals surface area (Å²) in [6.07, 6.45) is 0. The molecule has 0 atom stereocenters. The molecule has 0 unspecified atom stereocenters. The molecule has 0 aromatic heterocycles. The van der Waals surface area contributed by atoms with Gasteiger partial charge >= 0.3 is 5.97 Å². The average Bonchev–Trinajstić information content (AvgIpc) is 2.10. The van der Waals surface area contributed by atoms with Crippen molar-refractivity contribution in [3.63, 3.8) is 0 Å². The summed E-state index contributed by atoms with van der Waals surface area (Å²) < 4.78 is 2.64. The van der Waals surface area contributed by atoms with Gasteiger partial charge in [-0.25, -0.2) is 4.72 Å². The number of carbonyl (C=O) groups is 1. The van der Waals surface area contributed by atoms with Crippen LogP contribution in [0.4, 0.5) is 0 Å². The predicted octanol–water partition coefficient (Wildman–Crippen LogP) is 2.67. The van der Waals surface area contributed by atoms with E-state index in [1.54, 1.807) is 18.2 Å². The van der Waals surface area contributed by atoms with E-state index in [0.29, 0.717) is 14.9 Å². The summed E-state index contributed by atoms with van der Waals surface area (Å²) in [7, 11) is 0. The molecular weight excluding hydrogens is 245 g/mol. The van der Waals surface area contributed by atoms with Gasteiger partial charge in [-0.3, -0.25) is 4.79 Å². The molecule has 0 aliphatic heterocycles. The Balaban J connectivity index is 2.57. The summed E-state index contributed by atoms with van der Waals surface area (Å²) in [5.41, 5.74) is 0. The maximum atomic E-state index is 10.2. The Morgan fingerprint density at radius 1 is 1.50 bits per heavy atom. The third-order valence-electron chi connectivity index (χ3n) is 1.30. The van der Waals surface area contributed by atoms with Crippen LogP contribution in [0.15, 0.2) is 23.1 Å². The van der Waals surface area contributed by atoms with Crippen LogP contribution in [0.25, 0.3) is 0 Å². The number of rotatable bonds is 4. The average molecular weight is 252 g/mol. The van der Waals surface area contributed by atoms with Gasteiger partial charge in [-0.2, -0.15) is 0 Å². The van der Waals surface area contributed by atoms with Gasteiger partial charge in [0.2, 0.25) is 0 Å². The van der Waals surface area contributed by atoms with E-state index in [0.717, 1.165) is 11.9 Å². The van der Waals surface area contributed by atoms with Crippen LogP contribution in [0.1, 0.15) is 0 Å². The first-order chi connectivity index (χ1) is 6.59. The lowest BCUT2D eigenvalue weighted by Gasteiger charge is -2.03. The van der Waals surface area contributed by atoms with E-state index in [9.17, 15) is 4.79 Å². The zero-order valence-electron chi connectivity index (χ0n) is 6.96. The molecule has 0 saturated carbocycles. The summed E-state index contributed by atoms with van der Waals surface area (Å²) in [4.78, 5) is 10.9. The highest BCUT2D eigenvalue weighted by atomic mass is 35.5. The van der Waals surface area contributed by atoms with Crippen LogP contribution in [-0.4, -0.2) is 17.6 Å². The van der Waals surface area contributed by atoms with Crippen LogP contribution in [0.2, 0.25) is 10.0 Å². The molecule has 3 nitrogen and oxygen atoms in total. The molecule has 1 aromatic carbocycles. The van der Waals surface area contributed by atoms with Gasteiger partial charge in [0.25, 0.3) is 0 Å². The second-order valence-electron chi connectivity index (χ2n) is 2.39. The quantitative estimate of drug-likeness (QED) is 0.809. The van der Waals surface area contributed by atoms with Crippen molar-refractivity contribution in [1.82, 2.24) is 4.72 Å². The molecule has 76 valence electrons. The van der Waals surface area contributed by atoms with Crippen molar-refractivity contribution in [3.05, 3.63) is 28.2 Å². The van der Waals surface area contributed by atoms with E-state index in [1.807, 2.05) is 0 Å². The molecule has 0 aliphatic rings. The van der Waals surface area contributed by atoms with Crippen LogP contribution >= 0.6 is 35.1 Å². The molecule has 2 N–H and O–H groups in total. The third-order valence-corrected chi connectivity index (χ3v) is 2.82. The predicted molar refractivity (Wildman–Crippen MR) is 58.0 cm³/mol. The molecule has 0 aliphatic carbocycles. The second-order valence-corrected chi connectivity index (χ2v) is 4.17. The van der Waals surface area contributed by atoms with E-state index >= 15 is 0 Å². The zero-order chi connectivity index (χ0) is 10.6. The third kappa shape index (κ3) is 3.75. The molecule has 0 saturated heterocycles. The Morgan fingerprint density at radius 3 is 2.86 bits per heavy atom. The van der Waals surface area contributed by atoms with Gasteiger partial charge in [0.15, 0.2) is 0 Å². The largest absolute Gasteiger partial charge is 0.480 e. The normalized spacial score (nSPS) is 10.1. The van der Waals surface area contributed by atoms with E-state index < -0.39 is 5.97 Å². The fraction of sp³-hybridized carbons (Fsp3) is 0.125. The molecular formula is C8H7Cl2NO2S. The molecule has 0 bridgehead atoms. The number of hydrogen-bond acceptors (Lipinski definition) is 3. The number of hydrogen-bond donors (Lipinski definition) is 2. The van der Waals surface area contributed by atoms with Crippen LogP contribution in [0.5, 0.6) is 0 Å². The minimum Gasteiger partial charge on any atom is -0.480 e. The first-order valence-corrected chi connectivity index (χ1v) is 5.23. The minimum absolute atomic E-state index is 0.131. The van der Waals surface area contributed by atoms with Gasteiger partial charge in [0.05, 0.1) is 5.02 Å². The lowest BCUT2D eigenvalue weighted by molar-refractivity contribution is -0.135. The second kappa shape index (κ2) is 5.46. The lowest BCUT2D eigenvalue weighted by Crippen LogP contribution is -2.15. The number of halogens is 2. The lowest BCUT2D eigenvalue weighted by atomic mass is 10.4. The topological polar surface area (TPSA) is 49.3 Å². The van der Waals surface area contributed by atoms with Gasteiger partial charge in [-0.15, -0.1) is 0 Å². The molecule has 14 heavy (non-hydrogen) atoms. The smallest absolute Gasteiger partial charge is 0.318 e. The molecule has 1 rings (SSSR count). The number of nitrogens with one attached hydrogen (secondary N) is 1. The van der Waals surface area contributed by atoms with Gasteiger partial charge in [-0.1, -0.05) is 23.2 Å². The highest BCUT2D eigenvalue weighted by Crippen LogP contribution is 2.27. The van der Waals surface area contributed by atoms with Gasteiger partial charge < -0.3 is 5.11 Å². The Bertz CT molecular complexity index is 346. The van der Waals surface area contributed by atoms with Crippen molar-refractivity contribution in [3.8, 4) is 0 Å². The summed E-state index contributed by atoms with van der Waals surface area (Å²) >= 11 is 12.7. The van der Waals surface area contributed by atoms with Crippen LogP contribution < -0.4 is 4.72 Å². The molecule has 0 radical (unpaired) electrons. The van der Waals surface area contributed by atoms with Crippen LogP contribution in [-0.2, 0) is 4.79 Å². The molecule has 6 heteroatoms. The Labute approximate surface area is 95.5 Å². The van der Waals surface area contributed by atoms with Crippen LogP contribution in [0.3, 0.4) is 0 Å². The molecule has 0 fully saturated rings. The van der Waals surface area contributed by atoms with Gasteiger partial charge in [0.1, 0.15) is 6.54 Å². The Morgan fingerprint density at radius 2 is 2.21 bits per heavy atom. The Kier molecular flexibility index (Phi) is 4.54. The van der Waals surface area contributed by atoms with Crippen molar-refractivity contribution in [1.29, 1.82) is 0 Å². The van der Waals surface area contributed by atoms with Crippen molar-refractivity contribution >= 4 is 41.1 Å². The first-order valence-electron chi connectivity index (χ1n) is 3.66. The fourth-order valence-corrected chi connectivity index (χ4v) is 1.90. The highest BCUT2D eigenvalue weighted by molar-refractivity contribution is 7.97. The van der Waals surface area contributed by atoms with E-state index in [4.69, 9.17) is 28.3 Å². The van der Waals surface area contributed by atoms with Crippen molar-refractivity contribution in [2.45, 2.75) is 4.90 Å². The number of aliphatic carboxylic acids is 1. The van der Waals surface area contributed by atoms with Gasteiger partial charge in [0, 0.05) is 9.92 Å². The van der Waals surface area contributed by atoms with E-state index in [1.165, 1.54) is 0 Å². The summed E-state index contributed by atoms with van der Waals surface area (Å²) in [6.45, 7) is -0.131. The maximum absolute atomic E-state index is 10.2. The zero-order valence-corrected chi connectivity index (χ0v) is 9.29. The number of carboxylic acid groups (broad SMARTS) is 1. The van der Waals surface area contributed by atoms with E-state index in [2.05, 4.69) is 4.72 Å². The Hall–Kier alpha value is -0.420. The number of carboxylic acids is 1. The first kappa shape index (κ1) is 11.7. The molecule has 0 amide bonds. The van der Waals surface area contributed by atoms with E-state index in [-0.39, 0.29) is 6.54 Å². The summed E-state index contributed by atoms with van der Waals surface area (Å²) in [6, 6.07) is 5.00. The molecule has 1 aromatic rings. The minimum atomic E-state index is -0.921. The summed E-state index contributed by atoms with van der Waals surface area (Å²) in [5.74, 6) is -0.921. The fourth-order valence-electron chi connectivity index (χ4n) is 0.731. The SMILES string of the molecule is O=C(O)CNSc1cc(Cl)ccc1Cl. The van der Waals surface area contributed by atoms with Crippen molar-refractivity contribution in [2.75, 3.05) is 6.54 Å². The van der Waals surface area contributed by atoms with Crippen molar-refractivity contribution < 1.29 is 9.90 Å². The van der Waals surface area contributed by atoms with Crippen molar-refractivity contribution in [2.24, 2.45) is 0 Å². The van der Waals surface area contributed by atoms with Crippen LogP contribution in [0, 0.1) is 0 Å². The highest BCUT2D eigenvalue weighted by Gasteiger charge is 2.03. The maximum Gasteiger partial charge on any atom is 0.318 e. The summed E-state index contributed by atoms with van der Waals surface area (Å²) in [5, 5.41) is 9.48. The standard InChI is InChI=1S/C8H7Cl2NO2S/c9-5-1-2-6(10)7(3-5)14-11-4-8(12)13/h1-3,11H,4H2,(H,12,13). The monoisotopic (exact) mass is 251 g/mol. The number of benzene rings is 1.